The van der Waals surface area contributed by atoms with Crippen LogP contribution in [-0.4, -0.2) is 5.78 Å². The summed E-state index contributed by atoms with van der Waals surface area (Å²) in [5.41, 5.74) is 2.55. The third-order valence-electron chi connectivity index (χ3n) is 10.4. The minimum atomic E-state index is 0.317. The molecule has 0 radical (unpaired) electrons. The van der Waals surface area contributed by atoms with Crippen molar-refractivity contribution in [3.63, 3.8) is 0 Å². The molecule has 3 saturated carbocycles. The summed E-state index contributed by atoms with van der Waals surface area (Å²) in [5, 5.41) is 0. The van der Waals surface area contributed by atoms with Gasteiger partial charge in [0.1, 0.15) is 5.78 Å². The molecule has 3 fully saturated rings. The number of carbonyl (C=O) groups excluding carboxylic acids is 1. The second kappa shape index (κ2) is 8.16. The van der Waals surface area contributed by atoms with Gasteiger partial charge in [0.25, 0.3) is 0 Å². The van der Waals surface area contributed by atoms with Gasteiger partial charge in [-0.1, -0.05) is 65.5 Å². The molecule has 0 aromatic carbocycles. The van der Waals surface area contributed by atoms with Crippen LogP contribution in [0.1, 0.15) is 112 Å². The first-order valence-corrected chi connectivity index (χ1v) is 13.0. The summed E-state index contributed by atoms with van der Waals surface area (Å²) in [6.45, 7) is 12.5. The average Bonchev–Trinajstić information content (AvgIpc) is 2.94. The Kier molecular flexibility index (Phi) is 6.09. The molecule has 0 aromatic heterocycles. The van der Waals surface area contributed by atoms with E-state index in [2.05, 4.69) is 40.7 Å². The molecule has 29 heavy (non-hydrogen) atoms. The Labute approximate surface area is 180 Å². The van der Waals surface area contributed by atoms with E-state index in [9.17, 15) is 4.79 Å². The van der Waals surface area contributed by atoms with E-state index < -0.39 is 0 Å². The lowest BCUT2D eigenvalue weighted by molar-refractivity contribution is -0.119. The molecular formula is C28H46O. The molecule has 0 aliphatic heterocycles. The van der Waals surface area contributed by atoms with Crippen LogP contribution in [0.4, 0.5) is 0 Å². The van der Waals surface area contributed by atoms with E-state index in [-0.39, 0.29) is 0 Å². The first-order valence-electron chi connectivity index (χ1n) is 13.0. The van der Waals surface area contributed by atoms with Crippen LogP contribution in [0.25, 0.3) is 0 Å². The number of ketones is 1. The van der Waals surface area contributed by atoms with Gasteiger partial charge >= 0.3 is 0 Å². The number of carbonyl (C=O) groups is 1. The lowest BCUT2D eigenvalue weighted by atomic mass is 9.47. The number of hydrogen-bond donors (Lipinski definition) is 0. The Morgan fingerprint density at radius 1 is 0.966 bits per heavy atom. The standard InChI is InChI=1S/C28H46O/c1-19(2)7-6-8-20(3)24-13-14-25-23-12-10-21-9-11-22(29)15-17-27(21,4)26(23)16-18-28(24,25)5/h9,19-20,23-26H,6-8,10-18H2,1-5H3. The zero-order valence-corrected chi connectivity index (χ0v) is 19.9. The van der Waals surface area contributed by atoms with Crippen LogP contribution >= 0.6 is 0 Å². The number of rotatable bonds is 5. The molecule has 164 valence electrons. The van der Waals surface area contributed by atoms with Gasteiger partial charge in [-0.25, -0.2) is 0 Å². The second-order valence-electron chi connectivity index (χ2n) is 12.3. The van der Waals surface area contributed by atoms with E-state index in [1.807, 2.05) is 0 Å². The first kappa shape index (κ1) is 21.6. The van der Waals surface area contributed by atoms with E-state index in [1.165, 1.54) is 57.8 Å². The van der Waals surface area contributed by atoms with Gasteiger partial charge in [0.05, 0.1) is 0 Å². The maximum Gasteiger partial charge on any atom is 0.136 e. The quantitative estimate of drug-likeness (QED) is 0.429. The van der Waals surface area contributed by atoms with Crippen LogP contribution in [0.2, 0.25) is 0 Å². The van der Waals surface area contributed by atoms with Gasteiger partial charge in [-0.05, 0) is 91.3 Å². The SMILES string of the molecule is CC(C)CCCC(C)C1CCC2C3CCC4=CCC(=O)CCC4(C)C3CCC12C. The van der Waals surface area contributed by atoms with Crippen molar-refractivity contribution in [2.45, 2.75) is 112 Å². The van der Waals surface area contributed by atoms with Gasteiger partial charge in [-0.15, -0.1) is 0 Å². The van der Waals surface area contributed by atoms with Crippen molar-refractivity contribution in [3.05, 3.63) is 11.6 Å². The van der Waals surface area contributed by atoms with Gasteiger partial charge in [0.15, 0.2) is 0 Å². The Morgan fingerprint density at radius 2 is 1.76 bits per heavy atom. The molecule has 1 nitrogen and oxygen atoms in total. The minimum absolute atomic E-state index is 0.317. The van der Waals surface area contributed by atoms with Crippen LogP contribution in [0.3, 0.4) is 0 Å². The summed E-state index contributed by atoms with van der Waals surface area (Å²) >= 11 is 0. The molecule has 7 unspecified atom stereocenters. The third-order valence-corrected chi connectivity index (χ3v) is 10.4. The molecule has 0 bridgehead atoms. The van der Waals surface area contributed by atoms with Crippen LogP contribution in [0.15, 0.2) is 11.6 Å². The molecular weight excluding hydrogens is 352 g/mol. The first-order chi connectivity index (χ1) is 13.8. The molecule has 0 amide bonds. The number of allylic oxidation sites excluding steroid dienone is 2. The monoisotopic (exact) mass is 398 g/mol. The van der Waals surface area contributed by atoms with Crippen molar-refractivity contribution >= 4 is 5.78 Å². The molecule has 1 heteroatoms. The van der Waals surface area contributed by atoms with Crippen molar-refractivity contribution in [1.82, 2.24) is 0 Å². The van der Waals surface area contributed by atoms with E-state index in [1.54, 1.807) is 5.57 Å². The molecule has 0 aromatic rings. The summed E-state index contributed by atoms with van der Waals surface area (Å²) < 4.78 is 0. The van der Waals surface area contributed by atoms with Crippen molar-refractivity contribution in [2.75, 3.05) is 0 Å². The molecule has 0 heterocycles. The lowest BCUT2D eigenvalue weighted by Crippen LogP contribution is -2.50. The molecule has 0 saturated heterocycles. The summed E-state index contributed by atoms with van der Waals surface area (Å²) in [5.74, 6) is 5.85. The van der Waals surface area contributed by atoms with Crippen LogP contribution in [0.5, 0.6) is 0 Å². The largest absolute Gasteiger partial charge is 0.299 e. The average molecular weight is 399 g/mol. The summed E-state index contributed by atoms with van der Waals surface area (Å²) in [7, 11) is 0. The van der Waals surface area contributed by atoms with Gasteiger partial charge in [-0.3, -0.25) is 4.79 Å². The van der Waals surface area contributed by atoms with E-state index in [0.717, 1.165) is 48.3 Å². The van der Waals surface area contributed by atoms with Crippen LogP contribution < -0.4 is 0 Å². The molecule has 0 N–H and O–H groups in total. The number of hydrogen-bond acceptors (Lipinski definition) is 1. The highest BCUT2D eigenvalue weighted by Crippen LogP contribution is 2.67. The molecule has 4 aliphatic rings. The van der Waals surface area contributed by atoms with Gasteiger partial charge in [-0.2, -0.15) is 0 Å². The van der Waals surface area contributed by atoms with E-state index >= 15 is 0 Å². The highest BCUT2D eigenvalue weighted by molar-refractivity contribution is 5.80. The molecule has 7 atom stereocenters. The fraction of sp³-hybridized carbons (Fsp3) is 0.893. The van der Waals surface area contributed by atoms with E-state index in [4.69, 9.17) is 0 Å². The Balaban J connectivity index is 1.50. The summed E-state index contributed by atoms with van der Waals surface area (Å²) in [6.07, 6.45) is 17.7. The fourth-order valence-corrected chi connectivity index (χ4v) is 8.77. The highest BCUT2D eigenvalue weighted by atomic mass is 16.1. The predicted octanol–water partition coefficient (Wildman–Crippen LogP) is 7.99. The Morgan fingerprint density at radius 3 is 2.52 bits per heavy atom. The van der Waals surface area contributed by atoms with Gasteiger partial charge in [0.2, 0.25) is 0 Å². The van der Waals surface area contributed by atoms with Crippen LogP contribution in [-0.2, 0) is 4.79 Å². The fourth-order valence-electron chi connectivity index (χ4n) is 8.77. The zero-order chi connectivity index (χ0) is 20.8. The maximum atomic E-state index is 12.2. The van der Waals surface area contributed by atoms with Gasteiger partial charge < -0.3 is 0 Å². The van der Waals surface area contributed by atoms with Gasteiger partial charge in [0, 0.05) is 12.8 Å². The van der Waals surface area contributed by atoms with Crippen molar-refractivity contribution in [3.8, 4) is 0 Å². The number of Topliss-reactive ketones (excluding diaryl/α,β-unsaturated/α-hetero) is 1. The topological polar surface area (TPSA) is 17.1 Å². The Bertz CT molecular complexity index is 645. The Hall–Kier alpha value is -0.590. The molecule has 4 rings (SSSR count). The van der Waals surface area contributed by atoms with Crippen molar-refractivity contribution < 1.29 is 4.79 Å². The zero-order valence-electron chi connectivity index (χ0n) is 19.9. The normalized spacial score (nSPS) is 43.2. The second-order valence-corrected chi connectivity index (χ2v) is 12.3. The molecule has 4 aliphatic carbocycles. The summed E-state index contributed by atoms with van der Waals surface area (Å²) in [6, 6.07) is 0. The van der Waals surface area contributed by atoms with Crippen LogP contribution in [0, 0.1) is 46.3 Å². The highest BCUT2D eigenvalue weighted by Gasteiger charge is 2.59. The van der Waals surface area contributed by atoms with E-state index in [0.29, 0.717) is 23.0 Å². The summed E-state index contributed by atoms with van der Waals surface area (Å²) in [4.78, 5) is 12.2. The third kappa shape index (κ3) is 3.78. The maximum absolute atomic E-state index is 12.2. The smallest absolute Gasteiger partial charge is 0.136 e. The van der Waals surface area contributed by atoms with Crippen molar-refractivity contribution in [2.24, 2.45) is 46.3 Å². The van der Waals surface area contributed by atoms with Crippen molar-refractivity contribution in [1.29, 1.82) is 0 Å². The predicted molar refractivity (Wildman–Crippen MR) is 123 cm³/mol. The number of fused-ring (bicyclic) bond motifs is 5. The lowest BCUT2D eigenvalue weighted by Gasteiger charge is -2.58. The minimum Gasteiger partial charge on any atom is -0.299 e. The molecule has 0 spiro atoms.